The third-order valence-corrected chi connectivity index (χ3v) is 4.02. The molecule has 106 valence electrons. The molecule has 0 radical (unpaired) electrons. The highest BCUT2D eigenvalue weighted by Crippen LogP contribution is 2.23. The van der Waals surface area contributed by atoms with Gasteiger partial charge < -0.3 is 10.6 Å². The quantitative estimate of drug-likeness (QED) is 0.881. The Morgan fingerprint density at radius 2 is 1.79 bits per heavy atom. The van der Waals surface area contributed by atoms with Gasteiger partial charge >= 0.3 is 0 Å². The van der Waals surface area contributed by atoms with Crippen LogP contribution in [0.4, 0.5) is 0 Å². The second-order valence-electron chi connectivity index (χ2n) is 6.73. The van der Waals surface area contributed by atoms with Gasteiger partial charge in [-0.2, -0.15) is 0 Å². The molecular weight excluding hydrogens is 232 g/mol. The van der Waals surface area contributed by atoms with Gasteiger partial charge in [-0.3, -0.25) is 0 Å². The summed E-state index contributed by atoms with van der Waals surface area (Å²) in [6.45, 7) is 7.71. The minimum atomic E-state index is -0.0587. The van der Waals surface area contributed by atoms with E-state index in [0.29, 0.717) is 0 Å². The molecule has 0 atom stereocenters. The van der Waals surface area contributed by atoms with E-state index < -0.39 is 0 Å². The lowest BCUT2D eigenvalue weighted by Crippen LogP contribution is -2.47. The Morgan fingerprint density at radius 3 is 2.37 bits per heavy atom. The van der Waals surface area contributed by atoms with Crippen LogP contribution in [-0.4, -0.2) is 30.1 Å². The van der Waals surface area contributed by atoms with Crippen LogP contribution in [0.2, 0.25) is 0 Å². The van der Waals surface area contributed by atoms with Crippen LogP contribution < -0.4 is 5.73 Å². The lowest BCUT2D eigenvalue weighted by Gasteiger charge is -2.35. The molecular formula is C17H28N2. The predicted molar refractivity (Wildman–Crippen MR) is 82.2 cm³/mol. The topological polar surface area (TPSA) is 29.3 Å². The second kappa shape index (κ2) is 6.53. The normalized spacial score (nSPS) is 18.7. The number of hydrogen-bond acceptors (Lipinski definition) is 2. The van der Waals surface area contributed by atoms with Gasteiger partial charge in [0.05, 0.1) is 0 Å². The van der Waals surface area contributed by atoms with Crippen LogP contribution in [-0.2, 0) is 6.42 Å². The number of piperidine rings is 1. The highest BCUT2D eigenvalue weighted by molar-refractivity contribution is 5.14. The summed E-state index contributed by atoms with van der Waals surface area (Å²) in [6, 6.07) is 10.9. The van der Waals surface area contributed by atoms with Gasteiger partial charge in [0.2, 0.25) is 0 Å². The second-order valence-corrected chi connectivity index (χ2v) is 6.73. The minimum absolute atomic E-state index is 0.0587. The fourth-order valence-electron chi connectivity index (χ4n) is 3.03. The van der Waals surface area contributed by atoms with Crippen LogP contribution in [0, 0.1) is 5.92 Å². The first-order valence-corrected chi connectivity index (χ1v) is 7.58. The highest BCUT2D eigenvalue weighted by Gasteiger charge is 2.22. The van der Waals surface area contributed by atoms with Gasteiger partial charge in [-0.25, -0.2) is 0 Å². The molecule has 1 aromatic carbocycles. The van der Waals surface area contributed by atoms with E-state index in [2.05, 4.69) is 49.1 Å². The number of hydrogen-bond donors (Lipinski definition) is 1. The summed E-state index contributed by atoms with van der Waals surface area (Å²) in [6.07, 6.45) is 5.24. The van der Waals surface area contributed by atoms with E-state index in [4.69, 9.17) is 5.73 Å². The Bertz CT molecular complexity index is 359. The summed E-state index contributed by atoms with van der Waals surface area (Å²) in [4.78, 5) is 2.53. The molecule has 0 saturated carbocycles. The van der Waals surface area contributed by atoms with Gasteiger partial charge in [-0.15, -0.1) is 0 Å². The van der Waals surface area contributed by atoms with Crippen LogP contribution in [0.15, 0.2) is 30.3 Å². The zero-order valence-corrected chi connectivity index (χ0v) is 12.4. The maximum absolute atomic E-state index is 6.09. The molecule has 2 N–H and O–H groups in total. The molecule has 0 unspecified atom stereocenters. The minimum Gasteiger partial charge on any atom is -0.324 e. The summed E-state index contributed by atoms with van der Waals surface area (Å²) in [5.74, 6) is 0.900. The van der Waals surface area contributed by atoms with Crippen LogP contribution >= 0.6 is 0 Å². The van der Waals surface area contributed by atoms with E-state index in [-0.39, 0.29) is 5.54 Å². The van der Waals surface area contributed by atoms with E-state index in [1.165, 1.54) is 44.3 Å². The average Bonchev–Trinajstić information content (AvgIpc) is 2.37. The molecule has 1 fully saturated rings. The van der Waals surface area contributed by atoms with Crippen molar-refractivity contribution in [1.82, 2.24) is 4.90 Å². The van der Waals surface area contributed by atoms with E-state index in [1.807, 2.05) is 0 Å². The van der Waals surface area contributed by atoms with Crippen molar-refractivity contribution < 1.29 is 0 Å². The highest BCUT2D eigenvalue weighted by atomic mass is 15.1. The van der Waals surface area contributed by atoms with Gasteiger partial charge in [0.15, 0.2) is 0 Å². The van der Waals surface area contributed by atoms with Crippen molar-refractivity contribution in [2.24, 2.45) is 11.7 Å². The summed E-state index contributed by atoms with van der Waals surface area (Å²) in [7, 11) is 0. The molecule has 2 heteroatoms. The van der Waals surface area contributed by atoms with Crippen molar-refractivity contribution in [3.8, 4) is 0 Å². The number of rotatable bonds is 5. The van der Waals surface area contributed by atoms with Gasteiger partial charge in [0.25, 0.3) is 0 Å². The van der Waals surface area contributed by atoms with E-state index in [9.17, 15) is 0 Å². The molecule has 0 aliphatic carbocycles. The Labute approximate surface area is 118 Å². The molecule has 0 bridgehead atoms. The zero-order chi connectivity index (χ0) is 13.7. The molecule has 0 aromatic heterocycles. The van der Waals surface area contributed by atoms with E-state index >= 15 is 0 Å². The molecule has 0 amide bonds. The molecule has 2 nitrogen and oxygen atoms in total. The zero-order valence-electron chi connectivity index (χ0n) is 12.4. The predicted octanol–water partition coefficient (Wildman–Crippen LogP) is 3.07. The monoisotopic (exact) mass is 260 g/mol. The lowest BCUT2D eigenvalue weighted by atomic mass is 9.90. The molecule has 1 saturated heterocycles. The maximum atomic E-state index is 6.09. The van der Waals surface area contributed by atoms with Gasteiger partial charge in [-0.05, 0) is 64.1 Å². The van der Waals surface area contributed by atoms with Crippen LogP contribution in [0.25, 0.3) is 0 Å². The van der Waals surface area contributed by atoms with Gasteiger partial charge in [0, 0.05) is 12.1 Å². The Kier molecular flexibility index (Phi) is 5.00. The number of benzene rings is 1. The Balaban J connectivity index is 1.69. The standard InChI is InChI=1S/C17H28N2/c1-17(2,18)14-19-12-10-16(11-13-19)9-8-15-6-4-3-5-7-15/h3-7,16H,8-14,18H2,1-2H3. The molecule has 19 heavy (non-hydrogen) atoms. The van der Waals surface area contributed by atoms with Crippen molar-refractivity contribution >= 4 is 0 Å². The molecule has 0 spiro atoms. The molecule has 1 aromatic rings. The summed E-state index contributed by atoms with van der Waals surface area (Å²) in [5.41, 5.74) is 7.51. The van der Waals surface area contributed by atoms with Gasteiger partial charge in [0.1, 0.15) is 0 Å². The lowest BCUT2D eigenvalue weighted by molar-refractivity contribution is 0.154. The van der Waals surface area contributed by atoms with Crippen molar-refractivity contribution in [3.05, 3.63) is 35.9 Å². The van der Waals surface area contributed by atoms with Crippen LogP contribution in [0.1, 0.15) is 38.7 Å². The summed E-state index contributed by atoms with van der Waals surface area (Å²) >= 11 is 0. The average molecular weight is 260 g/mol. The number of nitrogens with two attached hydrogens (primary N) is 1. The van der Waals surface area contributed by atoms with Crippen molar-refractivity contribution in [2.45, 2.75) is 45.1 Å². The fourth-order valence-corrected chi connectivity index (χ4v) is 3.03. The van der Waals surface area contributed by atoms with Crippen LogP contribution in [0.5, 0.6) is 0 Å². The maximum Gasteiger partial charge on any atom is 0.0226 e. The fraction of sp³-hybridized carbons (Fsp3) is 0.647. The van der Waals surface area contributed by atoms with Crippen molar-refractivity contribution in [3.63, 3.8) is 0 Å². The van der Waals surface area contributed by atoms with Gasteiger partial charge in [-0.1, -0.05) is 30.3 Å². The first-order valence-electron chi connectivity index (χ1n) is 7.58. The third-order valence-electron chi connectivity index (χ3n) is 4.02. The molecule has 1 aliphatic rings. The SMILES string of the molecule is CC(C)(N)CN1CCC(CCc2ccccc2)CC1. The van der Waals surface area contributed by atoms with Crippen molar-refractivity contribution in [2.75, 3.05) is 19.6 Å². The third kappa shape index (κ3) is 5.33. The first-order chi connectivity index (χ1) is 9.03. The molecule has 1 heterocycles. The summed E-state index contributed by atoms with van der Waals surface area (Å²) in [5, 5.41) is 0. The largest absolute Gasteiger partial charge is 0.324 e. The van der Waals surface area contributed by atoms with E-state index in [0.717, 1.165) is 12.5 Å². The van der Waals surface area contributed by atoms with Crippen LogP contribution in [0.3, 0.4) is 0 Å². The number of likely N-dealkylation sites (tertiary alicyclic amines) is 1. The first kappa shape index (κ1) is 14.5. The van der Waals surface area contributed by atoms with E-state index in [1.54, 1.807) is 0 Å². The smallest absolute Gasteiger partial charge is 0.0226 e. The number of nitrogens with zero attached hydrogens (tertiary/aromatic N) is 1. The Morgan fingerprint density at radius 1 is 1.16 bits per heavy atom. The molecule has 1 aliphatic heterocycles. The Hall–Kier alpha value is -0.860. The van der Waals surface area contributed by atoms with Crippen molar-refractivity contribution in [1.29, 1.82) is 0 Å². The number of aryl methyl sites for hydroxylation is 1. The molecule has 2 rings (SSSR count). The summed E-state index contributed by atoms with van der Waals surface area (Å²) < 4.78 is 0.